The molecule has 1 aliphatic rings. The average Bonchev–Trinajstić information content (AvgIpc) is 2.82. The molecule has 15 heavy (non-hydrogen) atoms. The molecule has 1 unspecified atom stereocenters. The summed E-state index contributed by atoms with van der Waals surface area (Å²) in [7, 11) is 1.77. The van der Waals surface area contributed by atoms with E-state index < -0.39 is 0 Å². The van der Waals surface area contributed by atoms with E-state index in [4.69, 9.17) is 14.9 Å². The van der Waals surface area contributed by atoms with Gasteiger partial charge in [0.25, 0.3) is 0 Å². The van der Waals surface area contributed by atoms with E-state index in [-0.39, 0.29) is 11.6 Å². The monoisotopic (exact) mass is 209 g/mol. The maximum Gasteiger partial charge on any atom is 0.0951 e. The molecule has 2 N–H and O–H groups in total. The van der Waals surface area contributed by atoms with Gasteiger partial charge in [-0.2, -0.15) is 0 Å². The van der Waals surface area contributed by atoms with Gasteiger partial charge in [0.2, 0.25) is 0 Å². The van der Waals surface area contributed by atoms with Crippen molar-refractivity contribution in [2.45, 2.75) is 43.7 Å². The first kappa shape index (κ1) is 10.7. The lowest BCUT2D eigenvalue weighted by Crippen LogP contribution is -2.44. The summed E-state index contributed by atoms with van der Waals surface area (Å²) >= 11 is 0. The highest BCUT2D eigenvalue weighted by Gasteiger charge is 2.39. The lowest BCUT2D eigenvalue weighted by Gasteiger charge is -2.40. The number of ether oxygens (including phenoxy) is 1. The van der Waals surface area contributed by atoms with Crippen molar-refractivity contribution in [2.24, 2.45) is 5.73 Å². The molecule has 1 heterocycles. The van der Waals surface area contributed by atoms with E-state index in [2.05, 4.69) is 0 Å². The number of nitrogens with two attached hydrogens (primary N) is 1. The van der Waals surface area contributed by atoms with E-state index in [0.717, 1.165) is 18.4 Å². The van der Waals surface area contributed by atoms with Gasteiger partial charge in [-0.05, 0) is 18.9 Å². The van der Waals surface area contributed by atoms with Crippen molar-refractivity contribution < 1.29 is 9.15 Å². The fourth-order valence-corrected chi connectivity index (χ4v) is 2.55. The lowest BCUT2D eigenvalue weighted by atomic mass is 9.77. The van der Waals surface area contributed by atoms with Gasteiger partial charge >= 0.3 is 0 Å². The van der Waals surface area contributed by atoms with Crippen LogP contribution in [0.15, 0.2) is 23.0 Å². The smallest absolute Gasteiger partial charge is 0.0951 e. The first-order valence-corrected chi connectivity index (χ1v) is 5.61. The quantitative estimate of drug-likeness (QED) is 0.832. The van der Waals surface area contributed by atoms with Gasteiger partial charge in [-0.3, -0.25) is 0 Å². The summed E-state index contributed by atoms with van der Waals surface area (Å²) in [5.74, 6) is 0. The lowest BCUT2D eigenvalue weighted by molar-refractivity contribution is -0.0596. The van der Waals surface area contributed by atoms with E-state index in [1.807, 2.05) is 6.07 Å². The Balaban J connectivity index is 2.18. The van der Waals surface area contributed by atoms with Crippen LogP contribution in [-0.2, 0) is 4.74 Å². The van der Waals surface area contributed by atoms with Crippen LogP contribution in [0.3, 0.4) is 0 Å². The molecule has 3 nitrogen and oxygen atoms in total. The van der Waals surface area contributed by atoms with Crippen molar-refractivity contribution >= 4 is 0 Å². The molecule has 0 aromatic carbocycles. The summed E-state index contributed by atoms with van der Waals surface area (Å²) in [6.45, 7) is 0. The third kappa shape index (κ3) is 1.94. The zero-order valence-electron chi connectivity index (χ0n) is 9.24. The topological polar surface area (TPSA) is 48.4 Å². The third-order valence-electron chi connectivity index (χ3n) is 3.58. The van der Waals surface area contributed by atoms with Gasteiger partial charge in [-0.1, -0.05) is 19.3 Å². The van der Waals surface area contributed by atoms with Crippen LogP contribution in [0.4, 0.5) is 0 Å². The molecule has 0 aliphatic heterocycles. The van der Waals surface area contributed by atoms with Gasteiger partial charge in [-0.25, -0.2) is 0 Å². The minimum absolute atomic E-state index is 0.0680. The summed E-state index contributed by atoms with van der Waals surface area (Å²) < 4.78 is 10.8. The zero-order valence-corrected chi connectivity index (χ0v) is 9.24. The standard InChI is InChI=1S/C12H19NO2/c1-14-12(6-3-2-4-7-12)11(13)10-5-8-15-9-10/h5,8-9,11H,2-4,6-7,13H2,1H3. The number of furan rings is 1. The maximum atomic E-state index is 6.27. The average molecular weight is 209 g/mol. The van der Waals surface area contributed by atoms with Crippen molar-refractivity contribution in [3.8, 4) is 0 Å². The maximum absolute atomic E-state index is 6.27. The van der Waals surface area contributed by atoms with E-state index in [9.17, 15) is 0 Å². The van der Waals surface area contributed by atoms with E-state index >= 15 is 0 Å². The first-order chi connectivity index (χ1) is 7.28. The molecule has 0 spiro atoms. The predicted octanol–water partition coefficient (Wildman–Crippen LogP) is 2.63. The first-order valence-electron chi connectivity index (χ1n) is 5.61. The van der Waals surface area contributed by atoms with Crippen LogP contribution < -0.4 is 5.73 Å². The molecule has 3 heteroatoms. The second-order valence-corrected chi connectivity index (χ2v) is 4.36. The van der Waals surface area contributed by atoms with Crippen LogP contribution in [0.1, 0.15) is 43.7 Å². The van der Waals surface area contributed by atoms with Crippen LogP contribution in [0.2, 0.25) is 0 Å². The van der Waals surface area contributed by atoms with Crippen LogP contribution in [0.25, 0.3) is 0 Å². The largest absolute Gasteiger partial charge is 0.472 e. The third-order valence-corrected chi connectivity index (χ3v) is 3.58. The van der Waals surface area contributed by atoms with Crippen molar-refractivity contribution in [3.05, 3.63) is 24.2 Å². The van der Waals surface area contributed by atoms with Gasteiger partial charge in [-0.15, -0.1) is 0 Å². The fraction of sp³-hybridized carbons (Fsp3) is 0.667. The second-order valence-electron chi connectivity index (χ2n) is 4.36. The van der Waals surface area contributed by atoms with Crippen molar-refractivity contribution in [1.82, 2.24) is 0 Å². The fourth-order valence-electron chi connectivity index (χ4n) is 2.55. The minimum Gasteiger partial charge on any atom is -0.472 e. The number of rotatable bonds is 3. The normalized spacial score (nSPS) is 22.5. The summed E-state index contributed by atoms with van der Waals surface area (Å²) in [5.41, 5.74) is 7.14. The van der Waals surface area contributed by atoms with Crippen molar-refractivity contribution in [2.75, 3.05) is 7.11 Å². The Morgan fingerprint density at radius 1 is 1.40 bits per heavy atom. The minimum atomic E-state index is -0.178. The van der Waals surface area contributed by atoms with Crippen molar-refractivity contribution in [1.29, 1.82) is 0 Å². The van der Waals surface area contributed by atoms with Crippen LogP contribution in [-0.4, -0.2) is 12.7 Å². The molecule has 1 aromatic heterocycles. The van der Waals surface area contributed by atoms with Crippen LogP contribution in [0, 0.1) is 0 Å². The molecule has 1 atom stereocenters. The molecule has 2 rings (SSSR count). The summed E-state index contributed by atoms with van der Waals surface area (Å²) in [5, 5.41) is 0. The number of hydrogen-bond acceptors (Lipinski definition) is 3. The molecule has 1 fully saturated rings. The molecule has 1 aliphatic carbocycles. The van der Waals surface area contributed by atoms with Gasteiger partial charge in [0.1, 0.15) is 0 Å². The highest BCUT2D eigenvalue weighted by molar-refractivity contribution is 5.16. The van der Waals surface area contributed by atoms with Gasteiger partial charge in [0.15, 0.2) is 0 Å². The highest BCUT2D eigenvalue weighted by atomic mass is 16.5. The van der Waals surface area contributed by atoms with Gasteiger partial charge < -0.3 is 14.9 Å². The van der Waals surface area contributed by atoms with E-state index in [1.54, 1.807) is 19.6 Å². The molecular weight excluding hydrogens is 190 g/mol. The Bertz CT molecular complexity index is 289. The van der Waals surface area contributed by atoms with Crippen LogP contribution >= 0.6 is 0 Å². The van der Waals surface area contributed by atoms with Crippen LogP contribution in [0.5, 0.6) is 0 Å². The Labute approximate surface area is 90.6 Å². The van der Waals surface area contributed by atoms with E-state index in [0.29, 0.717) is 0 Å². The number of hydrogen-bond donors (Lipinski definition) is 1. The van der Waals surface area contributed by atoms with Gasteiger partial charge in [0, 0.05) is 12.7 Å². The molecule has 0 bridgehead atoms. The zero-order chi connectivity index (χ0) is 10.7. The summed E-state index contributed by atoms with van der Waals surface area (Å²) in [6, 6.07) is 1.86. The Morgan fingerprint density at radius 3 is 2.67 bits per heavy atom. The predicted molar refractivity (Wildman–Crippen MR) is 58.5 cm³/mol. The molecule has 0 radical (unpaired) electrons. The molecule has 1 aromatic rings. The summed E-state index contributed by atoms with van der Waals surface area (Å²) in [6.07, 6.45) is 9.20. The SMILES string of the molecule is COC1(C(N)c2ccoc2)CCCCC1. The molecule has 84 valence electrons. The van der Waals surface area contributed by atoms with E-state index in [1.165, 1.54) is 19.3 Å². The Morgan fingerprint density at radius 2 is 2.13 bits per heavy atom. The van der Waals surface area contributed by atoms with Gasteiger partial charge in [0.05, 0.1) is 24.2 Å². The Hall–Kier alpha value is -0.800. The summed E-state index contributed by atoms with van der Waals surface area (Å²) in [4.78, 5) is 0. The molecule has 0 amide bonds. The molecule has 1 saturated carbocycles. The highest BCUT2D eigenvalue weighted by Crippen LogP contribution is 2.39. The second kappa shape index (κ2) is 4.37. The molecule has 0 saturated heterocycles. The number of methoxy groups -OCH3 is 1. The van der Waals surface area contributed by atoms with Crippen molar-refractivity contribution in [3.63, 3.8) is 0 Å². The molecular formula is C12H19NO2. The Kier molecular flexibility index (Phi) is 3.12.